The van der Waals surface area contributed by atoms with Gasteiger partial charge in [0.15, 0.2) is 0 Å². The lowest BCUT2D eigenvalue weighted by atomic mass is 10.3. The fourth-order valence-corrected chi connectivity index (χ4v) is 0.498. The monoisotopic (exact) mass is 144 g/mol. The van der Waals surface area contributed by atoms with Crippen molar-refractivity contribution in [3.05, 3.63) is 0 Å². The minimum Gasteiger partial charge on any atom is -0.448 e. The Morgan fingerprint density at radius 1 is 1.50 bits per heavy atom. The molecule has 0 aromatic rings. The van der Waals surface area contributed by atoms with Crippen molar-refractivity contribution in [2.75, 3.05) is 13.2 Å². The molecule has 0 N–H and O–H groups in total. The van der Waals surface area contributed by atoms with Crippen molar-refractivity contribution in [1.29, 1.82) is 0 Å². The zero-order valence-electron chi connectivity index (χ0n) is 6.59. The molecule has 3 nitrogen and oxygen atoms in total. The summed E-state index contributed by atoms with van der Waals surface area (Å²) in [6.07, 6.45) is 1.58. The number of hydrogen-bond acceptors (Lipinski definition) is 2. The molecule has 59 valence electrons. The minimum absolute atomic E-state index is 0.411. The van der Waals surface area contributed by atoms with Crippen molar-refractivity contribution in [2.24, 2.45) is 0 Å². The largest absolute Gasteiger partial charge is 0.448 e. The van der Waals surface area contributed by atoms with Gasteiger partial charge in [-0.2, -0.15) is 0 Å². The number of carbonyl (C=O) groups excluding carboxylic acids is 1. The second-order valence-electron chi connectivity index (χ2n) is 1.93. The number of carbonyl (C=O) groups is 1. The van der Waals surface area contributed by atoms with Gasteiger partial charge in [0.25, 0.3) is 0 Å². The standard InChI is InChI=1S/C7H14NO2/c1-3-5-6-8-7(9)10-4-2/h3-6H2,1-2H3. The quantitative estimate of drug-likeness (QED) is 0.561. The number of hydrogen-bond donors (Lipinski definition) is 0. The highest BCUT2D eigenvalue weighted by Crippen LogP contribution is 1.85. The van der Waals surface area contributed by atoms with E-state index in [1.54, 1.807) is 6.92 Å². The Bertz CT molecular complexity index is 93.6. The molecule has 0 aliphatic heterocycles. The lowest BCUT2D eigenvalue weighted by molar-refractivity contribution is 0.151. The van der Waals surface area contributed by atoms with Crippen LogP contribution in [-0.2, 0) is 4.74 Å². The maximum atomic E-state index is 10.5. The maximum Gasteiger partial charge on any atom is 0.428 e. The number of rotatable bonds is 4. The van der Waals surface area contributed by atoms with Gasteiger partial charge in [-0.15, -0.1) is 0 Å². The van der Waals surface area contributed by atoms with Crippen molar-refractivity contribution in [3.8, 4) is 0 Å². The third-order valence-electron chi connectivity index (χ3n) is 1.02. The van der Waals surface area contributed by atoms with Crippen LogP contribution in [0, 0.1) is 0 Å². The molecule has 10 heavy (non-hydrogen) atoms. The fourth-order valence-electron chi connectivity index (χ4n) is 0.498. The first-order chi connectivity index (χ1) is 4.81. The zero-order chi connectivity index (χ0) is 7.82. The lowest BCUT2D eigenvalue weighted by Crippen LogP contribution is -2.17. The van der Waals surface area contributed by atoms with E-state index < -0.39 is 6.09 Å². The molecule has 0 aliphatic rings. The van der Waals surface area contributed by atoms with Gasteiger partial charge in [0.1, 0.15) is 0 Å². The van der Waals surface area contributed by atoms with Gasteiger partial charge in [-0.05, 0) is 13.3 Å². The molecule has 0 aromatic heterocycles. The van der Waals surface area contributed by atoms with E-state index in [2.05, 4.69) is 17.0 Å². The van der Waals surface area contributed by atoms with E-state index >= 15 is 0 Å². The van der Waals surface area contributed by atoms with Crippen LogP contribution in [0.3, 0.4) is 0 Å². The Hall–Kier alpha value is -0.730. The minimum atomic E-state index is -0.434. The molecule has 0 rings (SSSR count). The molecule has 1 radical (unpaired) electrons. The van der Waals surface area contributed by atoms with Crippen LogP contribution in [0.2, 0.25) is 0 Å². The first-order valence-electron chi connectivity index (χ1n) is 3.65. The van der Waals surface area contributed by atoms with Crippen LogP contribution in [0.15, 0.2) is 0 Å². The maximum absolute atomic E-state index is 10.5. The fraction of sp³-hybridized carbons (Fsp3) is 0.857. The summed E-state index contributed by atoms with van der Waals surface area (Å²) >= 11 is 0. The Morgan fingerprint density at radius 2 is 2.20 bits per heavy atom. The van der Waals surface area contributed by atoms with Crippen LogP contribution in [0.1, 0.15) is 26.7 Å². The molecule has 0 saturated heterocycles. The van der Waals surface area contributed by atoms with E-state index in [1.807, 2.05) is 0 Å². The van der Waals surface area contributed by atoms with Gasteiger partial charge in [-0.3, -0.25) is 0 Å². The predicted molar refractivity (Wildman–Crippen MR) is 38.9 cm³/mol. The van der Waals surface area contributed by atoms with E-state index in [9.17, 15) is 4.79 Å². The summed E-state index contributed by atoms with van der Waals surface area (Å²) in [6, 6.07) is 0. The second-order valence-corrected chi connectivity index (χ2v) is 1.93. The molecule has 0 fully saturated rings. The Labute approximate surface area is 61.8 Å². The second kappa shape index (κ2) is 6.39. The van der Waals surface area contributed by atoms with E-state index in [4.69, 9.17) is 0 Å². The molecular weight excluding hydrogens is 130 g/mol. The third kappa shape index (κ3) is 5.41. The Morgan fingerprint density at radius 3 is 2.70 bits per heavy atom. The highest BCUT2D eigenvalue weighted by atomic mass is 16.5. The van der Waals surface area contributed by atoms with Crippen LogP contribution in [0.25, 0.3) is 0 Å². The molecule has 3 heteroatoms. The molecule has 0 saturated carbocycles. The molecule has 0 spiro atoms. The third-order valence-corrected chi connectivity index (χ3v) is 1.02. The number of amides is 1. The molecule has 1 amide bonds. The molecule has 0 heterocycles. The SMILES string of the molecule is CCCC[N]C(=O)OCC. The predicted octanol–water partition coefficient (Wildman–Crippen LogP) is 1.55. The van der Waals surface area contributed by atoms with Crippen molar-refractivity contribution in [2.45, 2.75) is 26.7 Å². The van der Waals surface area contributed by atoms with Gasteiger partial charge >= 0.3 is 6.09 Å². The van der Waals surface area contributed by atoms with Crippen molar-refractivity contribution >= 4 is 6.09 Å². The first kappa shape index (κ1) is 9.27. The van der Waals surface area contributed by atoms with Gasteiger partial charge in [0.05, 0.1) is 6.61 Å². The van der Waals surface area contributed by atoms with Gasteiger partial charge < -0.3 is 4.74 Å². The number of unbranched alkanes of at least 4 members (excludes halogenated alkanes) is 1. The highest BCUT2D eigenvalue weighted by Gasteiger charge is 1.98. The van der Waals surface area contributed by atoms with Gasteiger partial charge in [0.2, 0.25) is 0 Å². The van der Waals surface area contributed by atoms with Gasteiger partial charge in [-0.25, -0.2) is 10.1 Å². The van der Waals surface area contributed by atoms with Crippen LogP contribution in [0.4, 0.5) is 4.79 Å². The molecule has 0 aliphatic carbocycles. The van der Waals surface area contributed by atoms with Crippen molar-refractivity contribution < 1.29 is 9.53 Å². The summed E-state index contributed by atoms with van der Waals surface area (Å²) in [5.74, 6) is 0. The van der Waals surface area contributed by atoms with E-state index in [0.29, 0.717) is 13.2 Å². The highest BCUT2D eigenvalue weighted by molar-refractivity contribution is 5.66. The lowest BCUT2D eigenvalue weighted by Gasteiger charge is -1.99. The summed E-state index contributed by atoms with van der Waals surface area (Å²) in [5, 5.41) is 3.64. The van der Waals surface area contributed by atoms with E-state index in [0.717, 1.165) is 12.8 Å². The molecule has 0 bridgehead atoms. The summed E-state index contributed by atoms with van der Waals surface area (Å²) < 4.78 is 4.58. The molecule has 0 aromatic carbocycles. The van der Waals surface area contributed by atoms with E-state index in [-0.39, 0.29) is 0 Å². The number of ether oxygens (including phenoxy) is 1. The summed E-state index contributed by atoms with van der Waals surface area (Å²) in [6.45, 7) is 4.83. The Balaban J connectivity index is 3.05. The van der Waals surface area contributed by atoms with Crippen molar-refractivity contribution in [1.82, 2.24) is 5.32 Å². The molecule has 0 unspecified atom stereocenters. The average Bonchev–Trinajstić information content (AvgIpc) is 1.89. The Kier molecular flexibility index (Phi) is 5.92. The average molecular weight is 144 g/mol. The van der Waals surface area contributed by atoms with Crippen LogP contribution in [0.5, 0.6) is 0 Å². The van der Waals surface area contributed by atoms with Gasteiger partial charge in [0, 0.05) is 6.54 Å². The van der Waals surface area contributed by atoms with Crippen molar-refractivity contribution in [3.63, 3.8) is 0 Å². The summed E-state index contributed by atoms with van der Waals surface area (Å²) in [4.78, 5) is 10.5. The van der Waals surface area contributed by atoms with E-state index in [1.165, 1.54) is 0 Å². The zero-order valence-corrected chi connectivity index (χ0v) is 6.59. The molecule has 0 atom stereocenters. The topological polar surface area (TPSA) is 40.4 Å². The summed E-state index contributed by atoms with van der Waals surface area (Å²) in [7, 11) is 0. The smallest absolute Gasteiger partial charge is 0.428 e. The molecular formula is C7H14NO2. The first-order valence-corrected chi connectivity index (χ1v) is 3.65. The number of nitrogens with zero attached hydrogens (tertiary/aromatic N) is 1. The summed E-state index contributed by atoms with van der Waals surface area (Å²) in [5.41, 5.74) is 0. The van der Waals surface area contributed by atoms with Crippen LogP contribution < -0.4 is 5.32 Å². The normalized spacial score (nSPS) is 9.00. The van der Waals surface area contributed by atoms with Crippen LogP contribution >= 0.6 is 0 Å². The van der Waals surface area contributed by atoms with Gasteiger partial charge in [-0.1, -0.05) is 13.3 Å². The van der Waals surface area contributed by atoms with Crippen LogP contribution in [-0.4, -0.2) is 19.2 Å².